The molecule has 0 fully saturated rings. The highest BCUT2D eigenvalue weighted by molar-refractivity contribution is 8.00. The van der Waals surface area contributed by atoms with Gasteiger partial charge in [-0.2, -0.15) is 0 Å². The Morgan fingerprint density at radius 3 is 2.48 bits per heavy atom. The zero-order valence-electron chi connectivity index (χ0n) is 18.4. The maximum Gasteiger partial charge on any atom is 0.340 e. The van der Waals surface area contributed by atoms with Gasteiger partial charge in [0.1, 0.15) is 5.75 Å². The lowest BCUT2D eigenvalue weighted by atomic mass is 10.1. The van der Waals surface area contributed by atoms with Crippen molar-refractivity contribution in [3.8, 4) is 5.75 Å². The molecular weight excluding hydrogens is 436 g/mol. The van der Waals surface area contributed by atoms with Gasteiger partial charge in [-0.3, -0.25) is 4.79 Å². The predicted molar refractivity (Wildman–Crippen MR) is 131 cm³/mol. The molecule has 0 bridgehead atoms. The largest absolute Gasteiger partial charge is 0.494 e. The van der Waals surface area contributed by atoms with Crippen LogP contribution in [0.2, 0.25) is 0 Å². The van der Waals surface area contributed by atoms with Crippen LogP contribution in [0, 0.1) is 0 Å². The summed E-state index contributed by atoms with van der Waals surface area (Å²) in [6.45, 7) is 2.82. The second-order valence-electron chi connectivity index (χ2n) is 7.60. The van der Waals surface area contributed by atoms with E-state index in [0.29, 0.717) is 17.9 Å². The summed E-state index contributed by atoms with van der Waals surface area (Å²) in [7, 11) is 0. The van der Waals surface area contributed by atoms with E-state index >= 15 is 0 Å². The standard InChI is InChI=1S/C26H26N2O4S/c1-2-3-16-31-20-12-8-18(9-13-20)27-24(29)17-33-21-14-10-19(11-15-21)28-25-22-6-4-5-7-23(22)26(30)32-25/h4-15,25,28H,2-3,16-17H2,1H3,(H,27,29). The van der Waals surface area contributed by atoms with E-state index in [1.807, 2.05) is 66.7 Å². The summed E-state index contributed by atoms with van der Waals surface area (Å²) < 4.78 is 11.1. The van der Waals surface area contributed by atoms with Gasteiger partial charge in [0.2, 0.25) is 12.1 Å². The van der Waals surface area contributed by atoms with Crippen molar-refractivity contribution in [3.63, 3.8) is 0 Å². The number of anilines is 2. The zero-order chi connectivity index (χ0) is 23.0. The fraction of sp³-hybridized carbons (Fsp3) is 0.231. The number of benzene rings is 3. The molecule has 0 saturated heterocycles. The molecule has 1 heterocycles. The van der Waals surface area contributed by atoms with Crippen molar-refractivity contribution < 1.29 is 19.1 Å². The normalized spacial score (nSPS) is 14.3. The first-order valence-electron chi connectivity index (χ1n) is 10.9. The Bertz CT molecular complexity index is 1100. The maximum absolute atomic E-state index is 12.3. The van der Waals surface area contributed by atoms with Gasteiger partial charge in [0.25, 0.3) is 0 Å². The lowest BCUT2D eigenvalue weighted by molar-refractivity contribution is -0.113. The van der Waals surface area contributed by atoms with Crippen LogP contribution in [0.15, 0.2) is 77.7 Å². The Kier molecular flexibility index (Phi) is 7.52. The van der Waals surface area contributed by atoms with Gasteiger partial charge in [0.05, 0.1) is 17.9 Å². The highest BCUT2D eigenvalue weighted by Gasteiger charge is 2.30. The molecule has 1 unspecified atom stereocenters. The Morgan fingerprint density at radius 2 is 1.73 bits per heavy atom. The first kappa shape index (κ1) is 22.7. The average molecular weight is 463 g/mol. The van der Waals surface area contributed by atoms with Crippen LogP contribution < -0.4 is 15.4 Å². The van der Waals surface area contributed by atoms with Crippen LogP contribution in [-0.2, 0) is 9.53 Å². The van der Waals surface area contributed by atoms with Crippen molar-refractivity contribution in [2.45, 2.75) is 30.9 Å². The quantitative estimate of drug-likeness (QED) is 0.223. The number of hydrogen-bond donors (Lipinski definition) is 2. The van der Waals surface area contributed by atoms with E-state index in [2.05, 4.69) is 17.6 Å². The average Bonchev–Trinajstić information content (AvgIpc) is 3.15. The van der Waals surface area contributed by atoms with Crippen LogP contribution >= 0.6 is 11.8 Å². The number of fused-ring (bicyclic) bond motifs is 1. The van der Waals surface area contributed by atoms with E-state index in [9.17, 15) is 9.59 Å². The first-order valence-corrected chi connectivity index (χ1v) is 11.9. The third kappa shape index (κ3) is 6.08. The summed E-state index contributed by atoms with van der Waals surface area (Å²) in [6, 6.07) is 22.5. The molecule has 2 N–H and O–H groups in total. The molecule has 7 heteroatoms. The Balaban J connectivity index is 1.24. The molecule has 0 saturated carbocycles. The predicted octanol–water partition coefficient (Wildman–Crippen LogP) is 5.88. The number of rotatable bonds is 10. The summed E-state index contributed by atoms with van der Waals surface area (Å²) in [6.07, 6.45) is 1.62. The van der Waals surface area contributed by atoms with Gasteiger partial charge in [0, 0.05) is 21.8 Å². The second-order valence-corrected chi connectivity index (χ2v) is 8.65. The van der Waals surface area contributed by atoms with Gasteiger partial charge in [-0.05, 0) is 61.0 Å². The number of carbonyl (C=O) groups is 2. The SMILES string of the molecule is CCCCOc1ccc(NC(=O)CSc2ccc(NC3OC(=O)c4ccccc43)cc2)cc1. The highest BCUT2D eigenvalue weighted by Crippen LogP contribution is 2.32. The van der Waals surface area contributed by atoms with Crippen molar-refractivity contribution in [3.05, 3.63) is 83.9 Å². The number of ether oxygens (including phenoxy) is 2. The highest BCUT2D eigenvalue weighted by atomic mass is 32.2. The van der Waals surface area contributed by atoms with E-state index in [0.717, 1.165) is 40.4 Å². The van der Waals surface area contributed by atoms with Gasteiger partial charge >= 0.3 is 5.97 Å². The Labute approximate surface area is 197 Å². The van der Waals surface area contributed by atoms with E-state index in [4.69, 9.17) is 9.47 Å². The lowest BCUT2D eigenvalue weighted by Crippen LogP contribution is -2.13. The number of unbranched alkanes of at least 4 members (excludes halogenated alkanes) is 1. The molecule has 3 aromatic rings. The van der Waals surface area contributed by atoms with Gasteiger partial charge < -0.3 is 20.1 Å². The Hall–Kier alpha value is -3.45. The lowest BCUT2D eigenvalue weighted by Gasteiger charge is -2.14. The van der Waals surface area contributed by atoms with E-state index in [-0.39, 0.29) is 11.9 Å². The number of esters is 1. The zero-order valence-corrected chi connectivity index (χ0v) is 19.2. The molecule has 170 valence electrons. The Morgan fingerprint density at radius 1 is 1.00 bits per heavy atom. The van der Waals surface area contributed by atoms with E-state index in [1.54, 1.807) is 6.07 Å². The number of amides is 1. The van der Waals surface area contributed by atoms with Crippen molar-refractivity contribution in [1.82, 2.24) is 0 Å². The molecule has 0 aliphatic carbocycles. The van der Waals surface area contributed by atoms with Crippen LogP contribution in [0.4, 0.5) is 11.4 Å². The van der Waals surface area contributed by atoms with Crippen molar-refractivity contribution in [1.29, 1.82) is 0 Å². The number of nitrogens with one attached hydrogen (secondary N) is 2. The molecule has 33 heavy (non-hydrogen) atoms. The van der Waals surface area contributed by atoms with Gasteiger partial charge in [0.15, 0.2) is 0 Å². The van der Waals surface area contributed by atoms with Crippen LogP contribution in [0.25, 0.3) is 0 Å². The van der Waals surface area contributed by atoms with Crippen LogP contribution in [0.5, 0.6) is 5.75 Å². The number of cyclic esters (lactones) is 1. The molecule has 1 aliphatic heterocycles. The molecule has 6 nitrogen and oxygen atoms in total. The summed E-state index contributed by atoms with van der Waals surface area (Å²) in [4.78, 5) is 25.2. The summed E-state index contributed by atoms with van der Waals surface area (Å²) in [5, 5.41) is 6.13. The van der Waals surface area contributed by atoms with Crippen molar-refractivity contribution in [2.75, 3.05) is 23.0 Å². The second kappa shape index (κ2) is 10.9. The molecular formula is C26H26N2O4S. The third-order valence-electron chi connectivity index (χ3n) is 5.11. The maximum atomic E-state index is 12.3. The molecule has 0 aromatic heterocycles. The summed E-state index contributed by atoms with van der Waals surface area (Å²) in [5.41, 5.74) is 3.00. The van der Waals surface area contributed by atoms with E-state index < -0.39 is 6.23 Å². The van der Waals surface area contributed by atoms with Crippen LogP contribution in [-0.4, -0.2) is 24.2 Å². The van der Waals surface area contributed by atoms with Crippen LogP contribution in [0.3, 0.4) is 0 Å². The first-order chi connectivity index (χ1) is 16.1. The number of thioether (sulfide) groups is 1. The smallest absolute Gasteiger partial charge is 0.340 e. The van der Waals surface area contributed by atoms with Crippen molar-refractivity contribution in [2.24, 2.45) is 0 Å². The molecule has 3 aromatic carbocycles. The fourth-order valence-corrected chi connectivity index (χ4v) is 4.06. The molecule has 1 aliphatic rings. The molecule has 0 radical (unpaired) electrons. The monoisotopic (exact) mass is 462 g/mol. The fourth-order valence-electron chi connectivity index (χ4n) is 3.37. The minimum Gasteiger partial charge on any atom is -0.494 e. The van der Waals surface area contributed by atoms with Gasteiger partial charge in [-0.15, -0.1) is 11.8 Å². The molecule has 1 amide bonds. The molecule has 1 atom stereocenters. The number of carbonyl (C=O) groups excluding carboxylic acids is 2. The van der Waals surface area contributed by atoms with Crippen LogP contribution in [0.1, 0.15) is 41.9 Å². The minimum absolute atomic E-state index is 0.0728. The minimum atomic E-state index is -0.499. The molecule has 0 spiro atoms. The molecule has 4 rings (SSSR count). The summed E-state index contributed by atoms with van der Waals surface area (Å²) in [5.74, 6) is 0.714. The topological polar surface area (TPSA) is 76.7 Å². The van der Waals surface area contributed by atoms with Gasteiger partial charge in [-0.1, -0.05) is 31.5 Å². The van der Waals surface area contributed by atoms with Gasteiger partial charge in [-0.25, -0.2) is 4.79 Å². The third-order valence-corrected chi connectivity index (χ3v) is 6.13. The number of hydrogen-bond acceptors (Lipinski definition) is 6. The summed E-state index contributed by atoms with van der Waals surface area (Å²) >= 11 is 1.46. The van der Waals surface area contributed by atoms with E-state index in [1.165, 1.54) is 11.8 Å². The van der Waals surface area contributed by atoms with Crippen molar-refractivity contribution >= 4 is 35.0 Å².